The maximum atomic E-state index is 11.6. The van der Waals surface area contributed by atoms with Gasteiger partial charge in [-0.1, -0.05) is 18.2 Å². The zero-order valence-electron chi connectivity index (χ0n) is 18.2. The van der Waals surface area contributed by atoms with E-state index in [4.69, 9.17) is 10.2 Å². The van der Waals surface area contributed by atoms with Crippen LogP contribution in [0, 0.1) is 0 Å². The first-order valence-electron chi connectivity index (χ1n) is 11.0. The molecule has 0 unspecified atom stereocenters. The number of hydrogen-bond donors (Lipinski definition) is 1. The number of anilines is 1. The quantitative estimate of drug-likeness (QED) is 0.395. The second kappa shape index (κ2) is 7.74. The number of amides is 1. The smallest absolute Gasteiger partial charge is 0.219 e. The fourth-order valence-electron chi connectivity index (χ4n) is 4.70. The Morgan fingerprint density at radius 1 is 1.15 bits per heavy atom. The lowest BCUT2D eigenvalue weighted by Crippen LogP contribution is -2.37. The molecule has 1 aliphatic rings. The number of furan rings is 1. The summed E-state index contributed by atoms with van der Waals surface area (Å²) in [6.07, 6.45) is 7.53. The summed E-state index contributed by atoms with van der Waals surface area (Å²) in [7, 11) is 0. The molecule has 1 saturated heterocycles. The topological polar surface area (TPSA) is 90.2 Å². The second-order valence-corrected chi connectivity index (χ2v) is 9.41. The van der Waals surface area contributed by atoms with Crippen LogP contribution in [0.2, 0.25) is 0 Å². The van der Waals surface area contributed by atoms with E-state index < -0.39 is 0 Å². The van der Waals surface area contributed by atoms with Crippen molar-refractivity contribution in [2.75, 3.05) is 18.8 Å². The van der Waals surface area contributed by atoms with Crippen LogP contribution < -0.4 is 5.73 Å². The van der Waals surface area contributed by atoms with Crippen molar-refractivity contribution in [3.8, 4) is 22.5 Å². The minimum Gasteiger partial charge on any atom is -0.452 e. The molecule has 1 aliphatic heterocycles. The predicted molar refractivity (Wildman–Crippen MR) is 131 cm³/mol. The van der Waals surface area contributed by atoms with Gasteiger partial charge >= 0.3 is 0 Å². The van der Waals surface area contributed by atoms with E-state index in [1.807, 2.05) is 27.9 Å². The van der Waals surface area contributed by atoms with Crippen molar-refractivity contribution in [3.63, 3.8) is 0 Å². The number of fused-ring (bicyclic) bond motifs is 2. The van der Waals surface area contributed by atoms with Gasteiger partial charge in [-0.15, -0.1) is 11.3 Å². The number of nitrogen functional groups attached to an aromatic ring is 1. The number of aromatic nitrogens is 3. The van der Waals surface area contributed by atoms with Crippen molar-refractivity contribution in [3.05, 3.63) is 54.3 Å². The number of carbonyl (C=O) groups is 1. The summed E-state index contributed by atoms with van der Waals surface area (Å²) in [5.74, 6) is 1.30. The van der Waals surface area contributed by atoms with E-state index in [9.17, 15) is 4.79 Å². The molecular formula is C25H23N5O2S. The van der Waals surface area contributed by atoms with Crippen molar-refractivity contribution in [1.29, 1.82) is 0 Å². The van der Waals surface area contributed by atoms with Crippen LogP contribution >= 0.6 is 11.3 Å². The Kier molecular flexibility index (Phi) is 4.69. The van der Waals surface area contributed by atoms with Gasteiger partial charge in [-0.25, -0.2) is 4.98 Å². The molecular weight excluding hydrogens is 434 g/mol. The number of piperidine rings is 1. The number of nitrogens with two attached hydrogens (primary N) is 1. The molecule has 1 aromatic carbocycles. The second-order valence-electron chi connectivity index (χ2n) is 8.50. The van der Waals surface area contributed by atoms with Crippen LogP contribution in [-0.2, 0) is 4.79 Å². The van der Waals surface area contributed by atoms with Crippen LogP contribution in [0.15, 0.2) is 58.7 Å². The van der Waals surface area contributed by atoms with Crippen molar-refractivity contribution < 1.29 is 9.21 Å². The number of nitrogens with zero attached hydrogens (tertiary/aromatic N) is 4. The summed E-state index contributed by atoms with van der Waals surface area (Å²) in [6, 6.07) is 10.6. The zero-order chi connectivity index (χ0) is 22.5. The van der Waals surface area contributed by atoms with Crippen LogP contribution in [-0.4, -0.2) is 38.7 Å². The lowest BCUT2D eigenvalue weighted by molar-refractivity contribution is -0.130. The number of likely N-dealkylation sites (tertiary alicyclic amines) is 1. The molecule has 0 atom stereocenters. The monoisotopic (exact) mass is 457 g/mol. The molecule has 0 bridgehead atoms. The van der Waals surface area contributed by atoms with E-state index in [1.54, 1.807) is 24.5 Å². The van der Waals surface area contributed by atoms with Gasteiger partial charge in [-0.2, -0.15) is 5.10 Å². The number of thiophene rings is 1. The molecule has 8 heteroatoms. The van der Waals surface area contributed by atoms with Crippen LogP contribution in [0.5, 0.6) is 0 Å². The summed E-state index contributed by atoms with van der Waals surface area (Å²) in [6.45, 7) is 3.16. The molecule has 33 heavy (non-hydrogen) atoms. The van der Waals surface area contributed by atoms with E-state index in [0.29, 0.717) is 11.4 Å². The van der Waals surface area contributed by atoms with Gasteiger partial charge < -0.3 is 15.1 Å². The molecule has 1 amide bonds. The molecule has 5 heterocycles. The van der Waals surface area contributed by atoms with E-state index >= 15 is 0 Å². The minimum absolute atomic E-state index is 0.138. The Balaban J connectivity index is 1.37. The lowest BCUT2D eigenvalue weighted by Gasteiger charge is -2.31. The third-order valence-corrected chi connectivity index (χ3v) is 7.49. The molecule has 5 aromatic rings. The molecule has 6 rings (SSSR count). The number of hydrogen-bond acceptors (Lipinski definition) is 6. The molecule has 0 aliphatic carbocycles. The van der Waals surface area contributed by atoms with Gasteiger partial charge in [0.15, 0.2) is 11.4 Å². The number of carbonyl (C=O) groups excluding carboxylic acids is 1. The van der Waals surface area contributed by atoms with Crippen molar-refractivity contribution >= 4 is 44.1 Å². The highest BCUT2D eigenvalue weighted by molar-refractivity contribution is 7.17. The molecule has 166 valence electrons. The maximum Gasteiger partial charge on any atom is 0.219 e. The maximum absolute atomic E-state index is 11.6. The minimum atomic E-state index is 0.138. The van der Waals surface area contributed by atoms with Gasteiger partial charge in [0.05, 0.1) is 12.2 Å². The van der Waals surface area contributed by atoms with Gasteiger partial charge in [-0.05, 0) is 25.0 Å². The summed E-state index contributed by atoms with van der Waals surface area (Å²) < 4.78 is 9.46. The molecule has 0 radical (unpaired) electrons. The summed E-state index contributed by atoms with van der Waals surface area (Å²) in [4.78, 5) is 17.9. The number of pyridine rings is 1. The molecule has 7 nitrogen and oxygen atoms in total. The first-order valence-corrected chi connectivity index (χ1v) is 11.9. The molecule has 0 saturated carbocycles. The fourth-order valence-corrected chi connectivity index (χ4v) is 5.65. The Hall–Kier alpha value is -3.65. The highest BCUT2D eigenvalue weighted by Gasteiger charge is 2.23. The first-order chi connectivity index (χ1) is 16.1. The van der Waals surface area contributed by atoms with Crippen molar-refractivity contribution in [1.82, 2.24) is 19.7 Å². The van der Waals surface area contributed by atoms with Crippen LogP contribution in [0.4, 0.5) is 5.82 Å². The Morgan fingerprint density at radius 3 is 2.79 bits per heavy atom. The molecule has 4 aromatic heterocycles. The molecule has 2 N–H and O–H groups in total. The number of benzene rings is 1. The summed E-state index contributed by atoms with van der Waals surface area (Å²) in [5.41, 5.74) is 9.77. The Labute approximate surface area is 194 Å². The SMILES string of the molecule is CC(=O)N1CCC(n2cc(-c3cnc(N)c4oc(-c5csc6ccccc56)cc34)cn2)CC1. The van der Waals surface area contributed by atoms with Gasteiger partial charge in [-0.3, -0.25) is 9.48 Å². The molecule has 0 spiro atoms. The summed E-state index contributed by atoms with van der Waals surface area (Å²) in [5, 5.41) is 8.86. The van der Waals surface area contributed by atoms with E-state index in [1.165, 1.54) is 10.1 Å². The molecule has 1 fully saturated rings. The predicted octanol–water partition coefficient (Wildman–Crippen LogP) is 5.34. The fraction of sp³-hybridized carbons (Fsp3) is 0.240. The van der Waals surface area contributed by atoms with Crippen molar-refractivity contribution in [2.45, 2.75) is 25.8 Å². The average Bonchev–Trinajstić information content (AvgIpc) is 3.57. The van der Waals surface area contributed by atoms with Crippen LogP contribution in [0.25, 0.3) is 43.5 Å². The number of rotatable bonds is 3. The van der Waals surface area contributed by atoms with Gasteiger partial charge in [0.2, 0.25) is 5.91 Å². The summed E-state index contributed by atoms with van der Waals surface area (Å²) >= 11 is 1.70. The van der Waals surface area contributed by atoms with E-state index in [-0.39, 0.29) is 11.9 Å². The lowest BCUT2D eigenvalue weighted by atomic mass is 10.0. The standard InChI is InChI=1S/C25H23N5O2S/c1-15(31)29-8-6-17(7-9-29)30-13-16(11-28-30)20-12-27-25(26)24-19(20)10-22(32-24)21-14-33-23-5-3-2-4-18(21)23/h2-5,10-14,17H,6-9H2,1H3,(H2,26,27). The van der Waals surface area contributed by atoms with E-state index in [0.717, 1.165) is 53.8 Å². The Morgan fingerprint density at radius 2 is 1.97 bits per heavy atom. The Bertz CT molecular complexity index is 1490. The van der Waals surface area contributed by atoms with E-state index in [2.05, 4.69) is 39.9 Å². The van der Waals surface area contributed by atoms with Gasteiger partial charge in [0, 0.05) is 69.9 Å². The largest absolute Gasteiger partial charge is 0.452 e. The van der Waals surface area contributed by atoms with Gasteiger partial charge in [0.25, 0.3) is 0 Å². The van der Waals surface area contributed by atoms with Crippen LogP contribution in [0.1, 0.15) is 25.8 Å². The third kappa shape index (κ3) is 3.38. The average molecular weight is 458 g/mol. The first kappa shape index (κ1) is 20.0. The third-order valence-electron chi connectivity index (χ3n) is 6.53. The van der Waals surface area contributed by atoms with Crippen molar-refractivity contribution in [2.24, 2.45) is 0 Å². The zero-order valence-corrected chi connectivity index (χ0v) is 19.0. The highest BCUT2D eigenvalue weighted by Crippen LogP contribution is 2.40. The highest BCUT2D eigenvalue weighted by atomic mass is 32.1. The van der Waals surface area contributed by atoms with Crippen LogP contribution in [0.3, 0.4) is 0 Å². The normalized spacial score (nSPS) is 15.0. The van der Waals surface area contributed by atoms with Gasteiger partial charge in [0.1, 0.15) is 5.76 Å².